The van der Waals surface area contributed by atoms with Crippen molar-refractivity contribution in [1.82, 2.24) is 0 Å². The van der Waals surface area contributed by atoms with E-state index in [2.05, 4.69) is 20.7 Å². The highest BCUT2D eigenvalue weighted by Crippen LogP contribution is 2.36. The first-order valence-electron chi connectivity index (χ1n) is 3.92. The highest BCUT2D eigenvalue weighted by Gasteiger charge is 2.32. The lowest BCUT2D eigenvalue weighted by Crippen LogP contribution is -2.09. The zero-order chi connectivity index (χ0) is 12.5. The van der Waals surface area contributed by atoms with Gasteiger partial charge >= 0.3 is 12.1 Å². The van der Waals surface area contributed by atoms with Crippen LogP contribution in [0.5, 0.6) is 0 Å². The fourth-order valence-electron chi connectivity index (χ4n) is 1.03. The average molecular weight is 317 g/mol. The predicted octanol–water partition coefficient (Wildman–Crippen LogP) is 3.91. The third kappa shape index (κ3) is 2.68. The van der Waals surface area contributed by atoms with E-state index in [-0.39, 0.29) is 15.1 Å². The van der Waals surface area contributed by atoms with E-state index in [4.69, 9.17) is 11.6 Å². The maximum absolute atomic E-state index is 12.4. The molecule has 1 aromatic rings. The van der Waals surface area contributed by atoms with E-state index < -0.39 is 17.7 Å². The number of methoxy groups -OCH3 is 1. The van der Waals surface area contributed by atoms with E-state index in [0.717, 1.165) is 13.2 Å². The Morgan fingerprint density at radius 3 is 2.38 bits per heavy atom. The van der Waals surface area contributed by atoms with E-state index in [0.29, 0.717) is 6.07 Å². The molecule has 0 aliphatic carbocycles. The minimum Gasteiger partial charge on any atom is -0.465 e. The van der Waals surface area contributed by atoms with E-state index in [1.807, 2.05) is 0 Å². The first-order valence-corrected chi connectivity index (χ1v) is 5.09. The Hall–Kier alpha value is -0.750. The number of rotatable bonds is 1. The summed E-state index contributed by atoms with van der Waals surface area (Å²) in [7, 11) is 1.11. The van der Waals surface area contributed by atoms with Gasteiger partial charge in [-0.3, -0.25) is 0 Å². The number of carbonyl (C=O) groups is 1. The molecule has 0 radical (unpaired) electrons. The lowest BCUT2D eigenvalue weighted by Gasteiger charge is -2.10. The SMILES string of the molecule is COC(=O)c1c(Cl)cc(C(F)(F)F)cc1Br. The quantitative estimate of drug-likeness (QED) is 0.734. The second-order valence-electron chi connectivity index (χ2n) is 2.80. The van der Waals surface area contributed by atoms with Crippen LogP contribution in [-0.4, -0.2) is 13.1 Å². The van der Waals surface area contributed by atoms with Gasteiger partial charge in [0.15, 0.2) is 0 Å². The average Bonchev–Trinajstić information content (AvgIpc) is 2.14. The van der Waals surface area contributed by atoms with Crippen LogP contribution in [0, 0.1) is 0 Å². The zero-order valence-corrected chi connectivity index (χ0v) is 10.2. The Bertz CT molecular complexity index is 408. The maximum atomic E-state index is 12.4. The van der Waals surface area contributed by atoms with Gasteiger partial charge in [0, 0.05) is 4.47 Å². The molecule has 0 saturated carbocycles. The second-order valence-corrected chi connectivity index (χ2v) is 4.07. The van der Waals surface area contributed by atoms with Crippen LogP contribution in [0.4, 0.5) is 13.2 Å². The van der Waals surface area contributed by atoms with E-state index in [1.165, 1.54) is 0 Å². The Labute approximate surface area is 102 Å². The van der Waals surface area contributed by atoms with Crippen LogP contribution < -0.4 is 0 Å². The molecular formula is C9H5BrClF3O2. The van der Waals surface area contributed by atoms with Crippen molar-refractivity contribution in [2.75, 3.05) is 7.11 Å². The van der Waals surface area contributed by atoms with Crippen molar-refractivity contribution >= 4 is 33.5 Å². The Morgan fingerprint density at radius 1 is 1.44 bits per heavy atom. The largest absolute Gasteiger partial charge is 0.465 e. The van der Waals surface area contributed by atoms with Crippen molar-refractivity contribution in [1.29, 1.82) is 0 Å². The van der Waals surface area contributed by atoms with E-state index in [9.17, 15) is 18.0 Å². The molecule has 2 nitrogen and oxygen atoms in total. The number of hydrogen-bond acceptors (Lipinski definition) is 2. The number of hydrogen-bond donors (Lipinski definition) is 0. The standard InChI is InChI=1S/C9H5BrClF3O2/c1-16-8(15)7-5(10)2-4(3-6(7)11)9(12,13)14/h2-3H,1H3. The smallest absolute Gasteiger partial charge is 0.416 e. The molecule has 0 saturated heterocycles. The minimum absolute atomic E-state index is 0.0563. The van der Waals surface area contributed by atoms with Gasteiger partial charge < -0.3 is 4.74 Å². The molecule has 88 valence electrons. The van der Waals surface area contributed by atoms with Gasteiger partial charge in [0.25, 0.3) is 0 Å². The molecule has 0 spiro atoms. The van der Waals surface area contributed by atoms with Crippen molar-refractivity contribution in [2.24, 2.45) is 0 Å². The summed E-state index contributed by atoms with van der Waals surface area (Å²) >= 11 is 8.43. The summed E-state index contributed by atoms with van der Waals surface area (Å²) in [5, 5.41) is -0.312. The van der Waals surface area contributed by atoms with Crippen molar-refractivity contribution < 1.29 is 22.7 Å². The van der Waals surface area contributed by atoms with Crippen molar-refractivity contribution in [3.8, 4) is 0 Å². The molecule has 7 heteroatoms. The van der Waals surface area contributed by atoms with Crippen molar-refractivity contribution in [3.05, 3.63) is 32.8 Å². The summed E-state index contributed by atoms with van der Waals surface area (Å²) in [6.45, 7) is 0. The monoisotopic (exact) mass is 316 g/mol. The Morgan fingerprint density at radius 2 is 2.00 bits per heavy atom. The lowest BCUT2D eigenvalue weighted by molar-refractivity contribution is -0.137. The molecule has 0 aliphatic heterocycles. The van der Waals surface area contributed by atoms with E-state index in [1.54, 1.807) is 0 Å². The van der Waals surface area contributed by atoms with Crippen LogP contribution in [0.1, 0.15) is 15.9 Å². The summed E-state index contributed by atoms with van der Waals surface area (Å²) in [6.07, 6.45) is -4.51. The second kappa shape index (κ2) is 4.63. The highest BCUT2D eigenvalue weighted by atomic mass is 79.9. The number of carbonyl (C=O) groups excluding carboxylic acids is 1. The summed E-state index contributed by atoms with van der Waals surface area (Å²) in [4.78, 5) is 11.2. The molecule has 0 fully saturated rings. The van der Waals surface area contributed by atoms with Crippen molar-refractivity contribution in [3.63, 3.8) is 0 Å². The molecule has 16 heavy (non-hydrogen) atoms. The molecule has 0 bridgehead atoms. The van der Waals surface area contributed by atoms with Gasteiger partial charge in [-0.1, -0.05) is 11.6 Å². The summed E-state index contributed by atoms with van der Waals surface area (Å²) < 4.78 is 41.4. The van der Waals surface area contributed by atoms with Gasteiger partial charge in [0.2, 0.25) is 0 Å². The molecule has 0 heterocycles. The van der Waals surface area contributed by atoms with Crippen LogP contribution in [-0.2, 0) is 10.9 Å². The number of benzene rings is 1. The summed E-state index contributed by atoms with van der Waals surface area (Å²) in [6, 6.07) is 1.46. The Kier molecular flexibility index (Phi) is 3.85. The number of ether oxygens (including phenoxy) is 1. The van der Waals surface area contributed by atoms with Gasteiger partial charge in [-0.25, -0.2) is 4.79 Å². The fourth-order valence-corrected chi connectivity index (χ4v) is 2.07. The fraction of sp³-hybridized carbons (Fsp3) is 0.222. The number of halogens is 5. The third-order valence-electron chi connectivity index (χ3n) is 1.76. The maximum Gasteiger partial charge on any atom is 0.416 e. The van der Waals surface area contributed by atoms with Crippen LogP contribution in [0.15, 0.2) is 16.6 Å². The summed E-state index contributed by atoms with van der Waals surface area (Å²) in [5.41, 5.74) is -1.06. The number of esters is 1. The van der Waals surface area contributed by atoms with Gasteiger partial charge in [0.05, 0.1) is 23.3 Å². The topological polar surface area (TPSA) is 26.3 Å². The molecule has 0 aliphatic rings. The molecule has 0 atom stereocenters. The highest BCUT2D eigenvalue weighted by molar-refractivity contribution is 9.10. The lowest BCUT2D eigenvalue weighted by atomic mass is 10.1. The third-order valence-corrected chi connectivity index (χ3v) is 2.68. The van der Waals surface area contributed by atoms with Crippen LogP contribution in [0.3, 0.4) is 0 Å². The summed E-state index contributed by atoms with van der Waals surface area (Å²) in [5.74, 6) is -0.800. The van der Waals surface area contributed by atoms with Crippen LogP contribution in [0.2, 0.25) is 5.02 Å². The molecule has 1 rings (SSSR count). The van der Waals surface area contributed by atoms with Gasteiger partial charge in [-0.15, -0.1) is 0 Å². The molecule has 1 aromatic carbocycles. The molecule has 0 aromatic heterocycles. The first kappa shape index (κ1) is 13.3. The normalized spacial score (nSPS) is 11.4. The number of alkyl halides is 3. The van der Waals surface area contributed by atoms with Gasteiger partial charge in [0.1, 0.15) is 0 Å². The molecule has 0 amide bonds. The predicted molar refractivity (Wildman–Crippen MR) is 55.5 cm³/mol. The minimum atomic E-state index is -4.51. The van der Waals surface area contributed by atoms with Gasteiger partial charge in [-0.2, -0.15) is 13.2 Å². The molecule has 0 unspecified atom stereocenters. The first-order chi connectivity index (χ1) is 7.27. The van der Waals surface area contributed by atoms with E-state index >= 15 is 0 Å². The molecular weight excluding hydrogens is 312 g/mol. The zero-order valence-electron chi connectivity index (χ0n) is 7.86. The van der Waals surface area contributed by atoms with Crippen molar-refractivity contribution in [2.45, 2.75) is 6.18 Å². The van der Waals surface area contributed by atoms with Crippen LogP contribution in [0.25, 0.3) is 0 Å². The molecule has 0 N–H and O–H groups in total. The van der Waals surface area contributed by atoms with Gasteiger partial charge in [-0.05, 0) is 28.1 Å². The Balaban J connectivity index is 3.34. The van der Waals surface area contributed by atoms with Crippen LogP contribution >= 0.6 is 27.5 Å².